The van der Waals surface area contributed by atoms with Gasteiger partial charge < -0.3 is 20.3 Å². The number of phenols is 1. The fraction of sp³-hybridized carbons (Fsp3) is 0.300. The molecule has 148 valence electrons. The molecule has 0 saturated heterocycles. The van der Waals surface area contributed by atoms with Crippen molar-refractivity contribution in [3.8, 4) is 11.5 Å². The van der Waals surface area contributed by atoms with Crippen molar-refractivity contribution in [2.75, 3.05) is 6.54 Å². The highest BCUT2D eigenvalue weighted by Gasteiger charge is 2.14. The van der Waals surface area contributed by atoms with Gasteiger partial charge in [-0.3, -0.25) is 14.4 Å². The van der Waals surface area contributed by atoms with Crippen LogP contribution in [0.3, 0.4) is 0 Å². The smallest absolute Gasteiger partial charge is 0.305 e. The summed E-state index contributed by atoms with van der Waals surface area (Å²) < 4.78 is 5.73. The van der Waals surface area contributed by atoms with Gasteiger partial charge in [0.25, 0.3) is 5.91 Å². The quantitative estimate of drug-likeness (QED) is 0.565. The van der Waals surface area contributed by atoms with Crippen LogP contribution in [-0.2, 0) is 17.8 Å². The molecule has 8 nitrogen and oxygen atoms in total. The molecule has 0 radical (unpaired) electrons. The van der Waals surface area contributed by atoms with E-state index in [1.807, 2.05) is 6.92 Å². The van der Waals surface area contributed by atoms with Crippen molar-refractivity contribution < 1.29 is 29.3 Å². The number of amides is 1. The Morgan fingerprint density at radius 3 is 2.61 bits per heavy atom. The van der Waals surface area contributed by atoms with Crippen LogP contribution >= 0.6 is 0 Å². The first-order chi connectivity index (χ1) is 13.3. The molecule has 0 spiro atoms. The van der Waals surface area contributed by atoms with Crippen LogP contribution in [0.4, 0.5) is 0 Å². The number of nitrogens with zero attached hydrogens (tertiary/aromatic N) is 1. The van der Waals surface area contributed by atoms with Gasteiger partial charge in [0.1, 0.15) is 23.8 Å². The number of pyridine rings is 1. The summed E-state index contributed by atoms with van der Waals surface area (Å²) in [5.74, 6) is -1.42. The number of carboxylic acids is 1. The number of aromatic hydroxyl groups is 1. The molecule has 1 heterocycles. The molecule has 2 aromatic rings. The average molecular weight is 386 g/mol. The fourth-order valence-corrected chi connectivity index (χ4v) is 2.52. The van der Waals surface area contributed by atoms with Crippen LogP contribution < -0.4 is 10.1 Å². The predicted molar refractivity (Wildman–Crippen MR) is 101 cm³/mol. The zero-order valence-electron chi connectivity index (χ0n) is 15.7. The monoisotopic (exact) mass is 386 g/mol. The number of carboxylic acid groups (broad SMARTS) is 1. The Morgan fingerprint density at radius 2 is 1.96 bits per heavy atom. The number of carbonyl (C=O) groups is 3. The number of ketones is 1. The maximum Gasteiger partial charge on any atom is 0.305 e. The summed E-state index contributed by atoms with van der Waals surface area (Å²) in [6.07, 6.45) is 0.434. The van der Waals surface area contributed by atoms with E-state index < -0.39 is 11.9 Å². The highest BCUT2D eigenvalue weighted by atomic mass is 16.5. The van der Waals surface area contributed by atoms with Gasteiger partial charge in [0.2, 0.25) is 0 Å². The molecule has 28 heavy (non-hydrogen) atoms. The van der Waals surface area contributed by atoms with Gasteiger partial charge in [-0.15, -0.1) is 0 Å². The molecule has 1 amide bonds. The topological polar surface area (TPSA) is 126 Å². The van der Waals surface area contributed by atoms with E-state index in [-0.39, 0.29) is 42.4 Å². The Labute approximate surface area is 162 Å². The van der Waals surface area contributed by atoms with Crippen LogP contribution in [0.2, 0.25) is 0 Å². The Kier molecular flexibility index (Phi) is 7.08. The van der Waals surface area contributed by atoms with E-state index in [1.165, 1.54) is 19.1 Å². The van der Waals surface area contributed by atoms with Gasteiger partial charge in [0.15, 0.2) is 5.78 Å². The number of benzene rings is 1. The predicted octanol–water partition coefficient (Wildman–Crippen LogP) is 2.34. The van der Waals surface area contributed by atoms with E-state index in [1.54, 1.807) is 18.2 Å². The Hall–Kier alpha value is -3.42. The molecule has 1 aromatic carbocycles. The number of aliphatic carboxylic acids is 1. The molecule has 2 rings (SSSR count). The lowest BCUT2D eigenvalue weighted by Gasteiger charge is -2.13. The zero-order chi connectivity index (χ0) is 20.7. The minimum atomic E-state index is -0.999. The molecule has 0 atom stereocenters. The van der Waals surface area contributed by atoms with Crippen molar-refractivity contribution in [3.05, 3.63) is 52.8 Å². The summed E-state index contributed by atoms with van der Waals surface area (Å²) in [7, 11) is 0. The van der Waals surface area contributed by atoms with E-state index >= 15 is 0 Å². The van der Waals surface area contributed by atoms with Crippen LogP contribution in [0, 0.1) is 0 Å². The number of aryl methyl sites for hydroxylation is 1. The number of Topliss-reactive ketones (excluding diaryl/α,β-unsaturated/α-hetero) is 1. The van der Waals surface area contributed by atoms with Crippen molar-refractivity contribution in [3.63, 3.8) is 0 Å². The second-order valence-electron chi connectivity index (χ2n) is 6.09. The maximum atomic E-state index is 12.0. The summed E-state index contributed by atoms with van der Waals surface area (Å²) in [6, 6.07) is 7.85. The molecule has 0 aliphatic rings. The van der Waals surface area contributed by atoms with Gasteiger partial charge >= 0.3 is 5.97 Å². The summed E-state index contributed by atoms with van der Waals surface area (Å²) in [4.78, 5) is 38.3. The number of hydrogen-bond acceptors (Lipinski definition) is 6. The lowest BCUT2D eigenvalue weighted by Crippen LogP contribution is -2.27. The first kappa shape index (κ1) is 20.9. The summed E-state index contributed by atoms with van der Waals surface area (Å²) in [5, 5.41) is 21.1. The molecule has 0 fully saturated rings. The van der Waals surface area contributed by atoms with Gasteiger partial charge in [-0.1, -0.05) is 13.0 Å². The molecule has 1 aromatic heterocycles. The first-order valence-corrected chi connectivity index (χ1v) is 8.77. The number of phenolic OH excluding ortho intramolecular Hbond substituents is 1. The molecule has 0 saturated carbocycles. The van der Waals surface area contributed by atoms with E-state index in [9.17, 15) is 19.5 Å². The largest absolute Gasteiger partial charge is 0.507 e. The maximum absolute atomic E-state index is 12.0. The number of hydrogen-bond donors (Lipinski definition) is 3. The first-order valence-electron chi connectivity index (χ1n) is 8.77. The number of aromatic nitrogens is 1. The molecule has 3 N–H and O–H groups in total. The van der Waals surface area contributed by atoms with Crippen molar-refractivity contribution in [2.45, 2.75) is 33.3 Å². The third kappa shape index (κ3) is 5.54. The van der Waals surface area contributed by atoms with Crippen LogP contribution in [0.1, 0.15) is 52.4 Å². The summed E-state index contributed by atoms with van der Waals surface area (Å²) in [5.41, 5.74) is 1.65. The van der Waals surface area contributed by atoms with Crippen LogP contribution in [-0.4, -0.2) is 39.4 Å². The van der Waals surface area contributed by atoms with Crippen molar-refractivity contribution in [1.82, 2.24) is 10.3 Å². The van der Waals surface area contributed by atoms with E-state index in [0.29, 0.717) is 17.9 Å². The molecule has 0 bridgehead atoms. The van der Waals surface area contributed by atoms with Crippen molar-refractivity contribution in [1.29, 1.82) is 0 Å². The zero-order valence-corrected chi connectivity index (χ0v) is 15.7. The van der Waals surface area contributed by atoms with Crippen LogP contribution in [0.25, 0.3) is 0 Å². The number of carbonyl (C=O) groups excluding carboxylic acids is 2. The SMILES string of the molecule is CCc1cc(C(C)=O)c(O)cc1OCc1cccc(C(=O)NCCC(=O)O)n1. The van der Waals surface area contributed by atoms with Crippen LogP contribution in [0.15, 0.2) is 30.3 Å². The molecular formula is C20H22N2O6. The second kappa shape index (κ2) is 9.50. The molecule has 0 unspecified atom stereocenters. The Morgan fingerprint density at radius 1 is 1.21 bits per heavy atom. The number of ether oxygens (including phenoxy) is 1. The summed E-state index contributed by atoms with van der Waals surface area (Å²) in [6.45, 7) is 3.36. The van der Waals surface area contributed by atoms with Gasteiger partial charge in [-0.05, 0) is 37.1 Å². The molecule has 0 aliphatic heterocycles. The van der Waals surface area contributed by atoms with Crippen LogP contribution in [0.5, 0.6) is 11.5 Å². The molecule has 8 heteroatoms. The van der Waals surface area contributed by atoms with Gasteiger partial charge in [-0.25, -0.2) is 4.98 Å². The van der Waals surface area contributed by atoms with E-state index in [2.05, 4.69) is 10.3 Å². The van der Waals surface area contributed by atoms with Gasteiger partial charge in [0, 0.05) is 12.6 Å². The summed E-state index contributed by atoms with van der Waals surface area (Å²) >= 11 is 0. The number of rotatable bonds is 9. The second-order valence-corrected chi connectivity index (χ2v) is 6.09. The normalized spacial score (nSPS) is 10.4. The Balaban J connectivity index is 2.09. The third-order valence-electron chi connectivity index (χ3n) is 3.98. The Bertz CT molecular complexity index is 894. The van der Waals surface area contributed by atoms with Crippen molar-refractivity contribution >= 4 is 17.7 Å². The van der Waals surface area contributed by atoms with E-state index in [0.717, 1.165) is 5.56 Å². The standard InChI is InChI=1S/C20H22N2O6/c1-3-13-9-15(12(2)23)17(24)10-18(13)28-11-14-5-4-6-16(22-14)20(27)21-8-7-19(25)26/h4-6,9-10,24H,3,7-8,11H2,1-2H3,(H,21,27)(H,25,26). The minimum absolute atomic E-state index is 0.0121. The fourth-order valence-electron chi connectivity index (χ4n) is 2.52. The average Bonchev–Trinajstić information content (AvgIpc) is 2.66. The third-order valence-corrected chi connectivity index (χ3v) is 3.98. The van der Waals surface area contributed by atoms with Crippen molar-refractivity contribution in [2.24, 2.45) is 0 Å². The van der Waals surface area contributed by atoms with Gasteiger partial charge in [0.05, 0.1) is 17.7 Å². The minimum Gasteiger partial charge on any atom is -0.507 e. The molecule has 0 aliphatic carbocycles. The lowest BCUT2D eigenvalue weighted by molar-refractivity contribution is -0.136. The lowest BCUT2D eigenvalue weighted by atomic mass is 10.0. The molecular weight excluding hydrogens is 364 g/mol. The highest BCUT2D eigenvalue weighted by Crippen LogP contribution is 2.29. The van der Waals surface area contributed by atoms with Gasteiger partial charge in [-0.2, -0.15) is 0 Å². The highest BCUT2D eigenvalue weighted by molar-refractivity contribution is 5.97. The number of nitrogens with one attached hydrogen (secondary N) is 1. The van der Waals surface area contributed by atoms with E-state index in [4.69, 9.17) is 9.84 Å².